The van der Waals surface area contributed by atoms with E-state index in [0.29, 0.717) is 23.2 Å². The molecule has 0 N–H and O–H groups in total. The molecule has 0 spiro atoms. The molecule has 0 saturated heterocycles. The average Bonchev–Trinajstić information content (AvgIpc) is 3.31. The molecule has 1 aromatic heterocycles. The van der Waals surface area contributed by atoms with Gasteiger partial charge in [0.05, 0.1) is 12.0 Å². The first kappa shape index (κ1) is 34.5. The number of para-hydroxylation sites is 2. The van der Waals surface area contributed by atoms with Crippen LogP contribution in [0.2, 0.25) is 0 Å². The van der Waals surface area contributed by atoms with Crippen molar-refractivity contribution in [3.63, 3.8) is 0 Å². The summed E-state index contributed by atoms with van der Waals surface area (Å²) in [5.41, 5.74) is 11.2. The lowest BCUT2D eigenvalue weighted by atomic mass is 9.63. The van der Waals surface area contributed by atoms with Crippen molar-refractivity contribution in [1.82, 2.24) is 15.0 Å². The molecule has 8 aromatic carbocycles. The third-order valence-electron chi connectivity index (χ3n) is 10.9. The molecule has 1 aliphatic rings. The van der Waals surface area contributed by atoms with E-state index >= 15 is 0 Å². The summed E-state index contributed by atoms with van der Waals surface area (Å²) in [6, 6.07) is 70.5. The zero-order valence-corrected chi connectivity index (χ0v) is 31.3. The molecule has 0 aliphatic carbocycles. The Kier molecular flexibility index (Phi) is 8.70. The van der Waals surface area contributed by atoms with Gasteiger partial charge in [-0.15, -0.1) is 0 Å². The second kappa shape index (κ2) is 14.6. The van der Waals surface area contributed by atoms with E-state index in [9.17, 15) is 0 Å². The fourth-order valence-electron chi connectivity index (χ4n) is 8.17. The highest BCUT2D eigenvalue weighted by Crippen LogP contribution is 2.55. The molecule has 0 radical (unpaired) electrons. The van der Waals surface area contributed by atoms with Crippen molar-refractivity contribution < 1.29 is 4.74 Å². The fourth-order valence-corrected chi connectivity index (χ4v) is 8.17. The van der Waals surface area contributed by atoms with Crippen molar-refractivity contribution in [3.8, 4) is 67.9 Å². The molecular weight excluding hydrogens is 709 g/mol. The van der Waals surface area contributed by atoms with Crippen molar-refractivity contribution in [2.45, 2.75) is 5.41 Å². The monoisotopic (exact) mass is 742 g/mol. The van der Waals surface area contributed by atoms with Gasteiger partial charge >= 0.3 is 0 Å². The number of hydrogen-bond acceptors (Lipinski definition) is 4. The van der Waals surface area contributed by atoms with Gasteiger partial charge in [-0.05, 0) is 45.5 Å². The molecular formula is C53H34N4O. The minimum absolute atomic E-state index is 0.565. The summed E-state index contributed by atoms with van der Waals surface area (Å²) in [7, 11) is 0. The molecule has 58 heavy (non-hydrogen) atoms. The Balaban J connectivity index is 1.04. The molecule has 2 heterocycles. The standard InChI is InChI=1S/C53H34N4O/c1-54-47-23-13-11-21-44(47)37-27-31-40(32-28-37)52-56-50(38-15-5-2-6-16-38)55-51(57-52)39-29-25-36(26-30-39)41-33-34-46-49(35-41)58-48-24-14-12-22-45(48)53(46,42-17-7-3-8-18-42)43-19-9-4-10-20-43/h2-35H. The lowest BCUT2D eigenvalue weighted by Crippen LogP contribution is -2.34. The van der Waals surface area contributed by atoms with Crippen LogP contribution in [0.1, 0.15) is 22.3 Å². The first-order valence-corrected chi connectivity index (χ1v) is 19.2. The molecule has 10 rings (SSSR count). The SMILES string of the molecule is [C-]#[N+]c1ccccc1-c1ccc(-c2nc(-c3ccccc3)nc(-c3ccc(-c4ccc5c(c4)Oc4ccccc4C5(c4ccccc4)c4ccccc4)cc3)n2)cc1. The van der Waals surface area contributed by atoms with E-state index < -0.39 is 5.41 Å². The Morgan fingerprint density at radius 3 is 1.43 bits per heavy atom. The zero-order chi connectivity index (χ0) is 38.9. The number of nitrogens with zero attached hydrogens (tertiary/aromatic N) is 4. The van der Waals surface area contributed by atoms with Gasteiger partial charge in [-0.1, -0.05) is 194 Å². The van der Waals surface area contributed by atoms with Gasteiger partial charge < -0.3 is 4.74 Å². The Morgan fingerprint density at radius 1 is 0.379 bits per heavy atom. The number of benzene rings is 8. The summed E-state index contributed by atoms with van der Waals surface area (Å²) in [6.07, 6.45) is 0. The van der Waals surface area contributed by atoms with E-state index in [0.717, 1.165) is 61.6 Å². The lowest BCUT2D eigenvalue weighted by molar-refractivity contribution is 0.435. The van der Waals surface area contributed by atoms with E-state index in [4.69, 9.17) is 26.3 Å². The predicted molar refractivity (Wildman–Crippen MR) is 232 cm³/mol. The Bertz CT molecular complexity index is 2920. The number of ether oxygens (including phenoxy) is 1. The molecule has 0 atom stereocenters. The summed E-state index contributed by atoms with van der Waals surface area (Å²) < 4.78 is 6.75. The summed E-state index contributed by atoms with van der Waals surface area (Å²) in [4.78, 5) is 18.6. The molecule has 0 bridgehead atoms. The molecule has 1 aliphatic heterocycles. The van der Waals surface area contributed by atoms with Gasteiger partial charge in [0.2, 0.25) is 0 Å². The highest BCUT2D eigenvalue weighted by molar-refractivity contribution is 5.80. The largest absolute Gasteiger partial charge is 0.457 e. The third kappa shape index (κ3) is 6.01. The van der Waals surface area contributed by atoms with E-state index in [1.54, 1.807) is 0 Å². The molecule has 0 saturated carbocycles. The van der Waals surface area contributed by atoms with Crippen molar-refractivity contribution in [2.75, 3.05) is 0 Å². The van der Waals surface area contributed by atoms with Crippen LogP contribution in [0.25, 0.3) is 61.3 Å². The third-order valence-corrected chi connectivity index (χ3v) is 10.9. The normalized spacial score (nSPS) is 12.4. The first-order valence-electron chi connectivity index (χ1n) is 19.2. The smallest absolute Gasteiger partial charge is 0.194 e. The van der Waals surface area contributed by atoms with Crippen molar-refractivity contribution in [1.29, 1.82) is 0 Å². The maximum atomic E-state index is 7.61. The van der Waals surface area contributed by atoms with Gasteiger partial charge in [-0.25, -0.2) is 19.8 Å². The second-order valence-corrected chi connectivity index (χ2v) is 14.2. The molecule has 0 fully saturated rings. The van der Waals surface area contributed by atoms with Crippen LogP contribution in [-0.2, 0) is 5.41 Å². The van der Waals surface area contributed by atoms with Gasteiger partial charge in [0.15, 0.2) is 23.2 Å². The van der Waals surface area contributed by atoms with Crippen molar-refractivity contribution >= 4 is 5.69 Å². The Morgan fingerprint density at radius 2 is 0.828 bits per heavy atom. The summed E-state index contributed by atoms with van der Waals surface area (Å²) in [6.45, 7) is 7.61. The molecule has 5 heteroatoms. The molecule has 9 aromatic rings. The Hall–Kier alpha value is -7.94. The maximum absolute atomic E-state index is 7.61. The fraction of sp³-hybridized carbons (Fsp3) is 0.0189. The predicted octanol–water partition coefficient (Wildman–Crippen LogP) is 13.2. The zero-order valence-electron chi connectivity index (χ0n) is 31.3. The Labute approximate surface area is 337 Å². The first-order chi connectivity index (χ1) is 28.7. The van der Waals surface area contributed by atoms with E-state index in [1.165, 1.54) is 11.1 Å². The van der Waals surface area contributed by atoms with Crippen LogP contribution >= 0.6 is 0 Å². The molecule has 0 unspecified atom stereocenters. The van der Waals surface area contributed by atoms with Crippen LogP contribution in [0.5, 0.6) is 11.5 Å². The maximum Gasteiger partial charge on any atom is 0.194 e. The number of fused-ring (bicyclic) bond motifs is 2. The van der Waals surface area contributed by atoms with Crippen LogP contribution in [0.3, 0.4) is 0 Å². The topological polar surface area (TPSA) is 52.3 Å². The quantitative estimate of drug-likeness (QED) is 0.153. The van der Waals surface area contributed by atoms with Gasteiger partial charge in [0.25, 0.3) is 0 Å². The van der Waals surface area contributed by atoms with Crippen LogP contribution in [0.15, 0.2) is 206 Å². The van der Waals surface area contributed by atoms with Gasteiger partial charge in [0, 0.05) is 27.8 Å². The highest BCUT2D eigenvalue weighted by Gasteiger charge is 2.45. The van der Waals surface area contributed by atoms with Crippen molar-refractivity contribution in [2.24, 2.45) is 0 Å². The number of hydrogen-bond donors (Lipinski definition) is 0. The van der Waals surface area contributed by atoms with E-state index in [-0.39, 0.29) is 0 Å². The van der Waals surface area contributed by atoms with Gasteiger partial charge in [0.1, 0.15) is 11.5 Å². The van der Waals surface area contributed by atoms with Crippen LogP contribution in [0, 0.1) is 6.57 Å². The van der Waals surface area contributed by atoms with E-state index in [2.05, 4.69) is 126 Å². The van der Waals surface area contributed by atoms with Crippen LogP contribution in [-0.4, -0.2) is 15.0 Å². The number of rotatable bonds is 7. The molecule has 0 amide bonds. The summed E-state index contributed by atoms with van der Waals surface area (Å²) in [5, 5.41) is 0. The summed E-state index contributed by atoms with van der Waals surface area (Å²) in [5.74, 6) is 3.42. The highest BCUT2D eigenvalue weighted by atomic mass is 16.5. The number of aromatic nitrogens is 3. The van der Waals surface area contributed by atoms with E-state index in [1.807, 2.05) is 84.9 Å². The van der Waals surface area contributed by atoms with Crippen LogP contribution < -0.4 is 4.74 Å². The minimum atomic E-state index is -0.565. The van der Waals surface area contributed by atoms with Gasteiger partial charge in [-0.3, -0.25) is 0 Å². The van der Waals surface area contributed by atoms with Crippen LogP contribution in [0.4, 0.5) is 5.69 Å². The summed E-state index contributed by atoms with van der Waals surface area (Å²) >= 11 is 0. The minimum Gasteiger partial charge on any atom is -0.457 e. The average molecular weight is 743 g/mol. The van der Waals surface area contributed by atoms with Gasteiger partial charge in [-0.2, -0.15) is 0 Å². The lowest BCUT2D eigenvalue weighted by Gasteiger charge is -2.41. The molecule has 272 valence electrons. The molecule has 5 nitrogen and oxygen atoms in total. The van der Waals surface area contributed by atoms with Crippen molar-refractivity contribution in [3.05, 3.63) is 240 Å². The second-order valence-electron chi connectivity index (χ2n) is 14.2.